The van der Waals surface area contributed by atoms with Crippen LogP contribution in [0.4, 0.5) is 0 Å². The lowest BCUT2D eigenvalue weighted by Gasteiger charge is -2.36. The molecule has 0 radical (unpaired) electrons. The number of rotatable bonds is 3. The van der Waals surface area contributed by atoms with Crippen LogP contribution >= 0.6 is 0 Å². The summed E-state index contributed by atoms with van der Waals surface area (Å²) in [5, 5.41) is 9.30. The van der Waals surface area contributed by atoms with E-state index in [1.54, 1.807) is 5.57 Å². The Labute approximate surface area is 110 Å². The smallest absolute Gasteiger partial charge is 0.307 e. The Kier molecular flexibility index (Phi) is 4.47. The van der Waals surface area contributed by atoms with Crippen LogP contribution in [0.2, 0.25) is 0 Å². The molecular formula is C16H26O2. The molecule has 2 aliphatic carbocycles. The predicted molar refractivity (Wildman–Crippen MR) is 73.4 cm³/mol. The second kappa shape index (κ2) is 5.90. The number of hydrogen-bond acceptors (Lipinski definition) is 1. The van der Waals surface area contributed by atoms with E-state index >= 15 is 0 Å². The predicted octanol–water partition coefficient (Wildman–Crippen LogP) is 4.40. The van der Waals surface area contributed by atoms with Crippen molar-refractivity contribution in [2.45, 2.75) is 65.2 Å². The number of allylic oxidation sites excluding steroid dienone is 2. The molecule has 1 N–H and O–H groups in total. The van der Waals surface area contributed by atoms with Crippen LogP contribution in [0.5, 0.6) is 0 Å². The molecule has 2 aliphatic rings. The van der Waals surface area contributed by atoms with Gasteiger partial charge in [-0.2, -0.15) is 0 Å². The van der Waals surface area contributed by atoms with Crippen molar-refractivity contribution in [3.8, 4) is 0 Å². The molecule has 1 fully saturated rings. The van der Waals surface area contributed by atoms with Gasteiger partial charge >= 0.3 is 5.97 Å². The maximum atomic E-state index is 11.3. The van der Waals surface area contributed by atoms with Crippen LogP contribution in [0.15, 0.2) is 11.1 Å². The summed E-state index contributed by atoms with van der Waals surface area (Å²) in [5.41, 5.74) is 3.11. The SMILES string of the molecule is CCC1=C(C2CCCCC2)CC[C@H](C(=O)O)[C@@H]1C. The first kappa shape index (κ1) is 13.6. The first-order chi connectivity index (χ1) is 8.65. The lowest BCUT2D eigenvalue weighted by Crippen LogP contribution is -2.29. The summed E-state index contributed by atoms with van der Waals surface area (Å²) in [6, 6.07) is 0. The average molecular weight is 250 g/mol. The van der Waals surface area contributed by atoms with Crippen molar-refractivity contribution in [1.82, 2.24) is 0 Å². The molecule has 102 valence electrons. The highest BCUT2D eigenvalue weighted by molar-refractivity contribution is 5.71. The van der Waals surface area contributed by atoms with Crippen molar-refractivity contribution in [2.75, 3.05) is 0 Å². The third-order valence-electron chi connectivity index (χ3n) is 5.09. The highest BCUT2D eigenvalue weighted by Crippen LogP contribution is 2.43. The molecular weight excluding hydrogens is 224 g/mol. The zero-order valence-corrected chi connectivity index (χ0v) is 11.7. The van der Waals surface area contributed by atoms with E-state index in [1.807, 2.05) is 0 Å². The maximum absolute atomic E-state index is 11.3. The van der Waals surface area contributed by atoms with Crippen LogP contribution in [0, 0.1) is 17.8 Å². The third kappa shape index (κ3) is 2.62. The molecule has 2 atom stereocenters. The molecule has 0 amide bonds. The molecule has 0 aromatic heterocycles. The number of carbonyl (C=O) groups is 1. The molecule has 0 aliphatic heterocycles. The molecule has 0 heterocycles. The summed E-state index contributed by atoms with van der Waals surface area (Å²) in [4.78, 5) is 11.3. The fourth-order valence-corrected chi connectivity index (χ4v) is 4.06. The normalized spacial score (nSPS) is 30.6. The Balaban J connectivity index is 2.21. The van der Waals surface area contributed by atoms with Gasteiger partial charge in [0.25, 0.3) is 0 Å². The molecule has 1 saturated carbocycles. The zero-order valence-electron chi connectivity index (χ0n) is 11.7. The van der Waals surface area contributed by atoms with Gasteiger partial charge in [-0.3, -0.25) is 4.79 Å². The standard InChI is InChI=1S/C16H26O2/c1-3-13-11(2)14(16(17)18)9-10-15(13)12-7-5-4-6-8-12/h11-12,14H,3-10H2,1-2H3,(H,17,18)/t11-,14+/m1/s1. The minimum absolute atomic E-state index is 0.146. The first-order valence-corrected chi connectivity index (χ1v) is 7.59. The second-order valence-electron chi connectivity index (χ2n) is 6.01. The van der Waals surface area contributed by atoms with Gasteiger partial charge in [0, 0.05) is 0 Å². The topological polar surface area (TPSA) is 37.3 Å². The molecule has 0 spiro atoms. The van der Waals surface area contributed by atoms with E-state index in [0.29, 0.717) is 0 Å². The summed E-state index contributed by atoms with van der Waals surface area (Å²) >= 11 is 0. The summed E-state index contributed by atoms with van der Waals surface area (Å²) < 4.78 is 0. The number of carboxylic acids is 1. The lowest BCUT2D eigenvalue weighted by molar-refractivity contribution is -0.143. The van der Waals surface area contributed by atoms with E-state index in [0.717, 1.165) is 25.2 Å². The Morgan fingerprint density at radius 3 is 2.44 bits per heavy atom. The van der Waals surface area contributed by atoms with Crippen LogP contribution in [-0.2, 0) is 4.79 Å². The van der Waals surface area contributed by atoms with Crippen molar-refractivity contribution in [3.63, 3.8) is 0 Å². The van der Waals surface area contributed by atoms with Gasteiger partial charge in [-0.1, -0.05) is 44.3 Å². The van der Waals surface area contributed by atoms with E-state index < -0.39 is 5.97 Å². The molecule has 0 bridgehead atoms. The zero-order chi connectivity index (χ0) is 13.1. The second-order valence-corrected chi connectivity index (χ2v) is 6.01. The van der Waals surface area contributed by atoms with Gasteiger partial charge in [0.2, 0.25) is 0 Å². The molecule has 2 nitrogen and oxygen atoms in total. The molecule has 2 rings (SSSR count). The highest BCUT2D eigenvalue weighted by atomic mass is 16.4. The summed E-state index contributed by atoms with van der Waals surface area (Å²) in [7, 11) is 0. The Hall–Kier alpha value is -0.790. The van der Waals surface area contributed by atoms with E-state index in [9.17, 15) is 9.90 Å². The van der Waals surface area contributed by atoms with Crippen LogP contribution in [0.3, 0.4) is 0 Å². The lowest BCUT2D eigenvalue weighted by atomic mass is 9.69. The molecule has 0 saturated heterocycles. The minimum Gasteiger partial charge on any atom is -0.481 e. The Morgan fingerprint density at radius 1 is 1.22 bits per heavy atom. The van der Waals surface area contributed by atoms with Gasteiger partial charge < -0.3 is 5.11 Å². The quantitative estimate of drug-likeness (QED) is 0.754. The van der Waals surface area contributed by atoms with Gasteiger partial charge in [0.05, 0.1) is 5.92 Å². The maximum Gasteiger partial charge on any atom is 0.307 e. The van der Waals surface area contributed by atoms with Gasteiger partial charge in [0.15, 0.2) is 0 Å². The molecule has 2 heteroatoms. The largest absolute Gasteiger partial charge is 0.481 e. The van der Waals surface area contributed by atoms with Gasteiger partial charge in [0.1, 0.15) is 0 Å². The average Bonchev–Trinajstić information content (AvgIpc) is 2.39. The summed E-state index contributed by atoms with van der Waals surface area (Å²) in [6.45, 7) is 4.32. The number of hydrogen-bond donors (Lipinski definition) is 1. The monoisotopic (exact) mass is 250 g/mol. The van der Waals surface area contributed by atoms with Gasteiger partial charge in [-0.25, -0.2) is 0 Å². The van der Waals surface area contributed by atoms with Gasteiger partial charge in [-0.05, 0) is 43.9 Å². The molecule has 18 heavy (non-hydrogen) atoms. The molecule has 0 aromatic carbocycles. The van der Waals surface area contributed by atoms with E-state index in [4.69, 9.17) is 0 Å². The third-order valence-corrected chi connectivity index (χ3v) is 5.09. The van der Waals surface area contributed by atoms with E-state index in [2.05, 4.69) is 13.8 Å². The highest BCUT2D eigenvalue weighted by Gasteiger charge is 2.34. The van der Waals surface area contributed by atoms with Crippen molar-refractivity contribution in [2.24, 2.45) is 17.8 Å². The van der Waals surface area contributed by atoms with Crippen LogP contribution in [0.25, 0.3) is 0 Å². The van der Waals surface area contributed by atoms with Crippen molar-refractivity contribution in [3.05, 3.63) is 11.1 Å². The fraction of sp³-hybridized carbons (Fsp3) is 0.812. The van der Waals surface area contributed by atoms with Crippen LogP contribution in [0.1, 0.15) is 65.2 Å². The van der Waals surface area contributed by atoms with Crippen LogP contribution in [-0.4, -0.2) is 11.1 Å². The van der Waals surface area contributed by atoms with Crippen molar-refractivity contribution < 1.29 is 9.90 Å². The van der Waals surface area contributed by atoms with Crippen LogP contribution < -0.4 is 0 Å². The first-order valence-electron chi connectivity index (χ1n) is 7.59. The number of carboxylic acid groups (broad SMARTS) is 1. The fourth-order valence-electron chi connectivity index (χ4n) is 4.06. The van der Waals surface area contributed by atoms with Crippen molar-refractivity contribution >= 4 is 5.97 Å². The number of aliphatic carboxylic acids is 1. The van der Waals surface area contributed by atoms with Gasteiger partial charge in [-0.15, -0.1) is 0 Å². The van der Waals surface area contributed by atoms with Crippen molar-refractivity contribution in [1.29, 1.82) is 0 Å². The van der Waals surface area contributed by atoms with E-state index in [-0.39, 0.29) is 11.8 Å². The van der Waals surface area contributed by atoms with E-state index in [1.165, 1.54) is 37.7 Å². The molecule has 0 aromatic rings. The minimum atomic E-state index is -0.601. The Bertz CT molecular complexity index is 337. The summed E-state index contributed by atoms with van der Waals surface area (Å²) in [5.74, 6) is 0.271. The summed E-state index contributed by atoms with van der Waals surface area (Å²) in [6.07, 6.45) is 9.71. The molecule has 0 unspecified atom stereocenters. The Morgan fingerprint density at radius 2 is 1.89 bits per heavy atom.